The maximum absolute atomic E-state index is 12.4. The summed E-state index contributed by atoms with van der Waals surface area (Å²) in [5.41, 5.74) is 2.90. The molecule has 0 saturated carbocycles. The number of nitrogens with one attached hydrogen (secondary N) is 2. The summed E-state index contributed by atoms with van der Waals surface area (Å²) in [5.74, 6) is -0.306. The molecule has 0 spiro atoms. The topological polar surface area (TPSA) is 54.0 Å². The molecule has 0 atom stereocenters. The highest BCUT2D eigenvalue weighted by atomic mass is 35.5. The second kappa shape index (κ2) is 8.70. The van der Waals surface area contributed by atoms with Gasteiger partial charge in [0.1, 0.15) is 5.69 Å². The molecule has 1 heterocycles. The summed E-state index contributed by atoms with van der Waals surface area (Å²) in [6.07, 6.45) is 2.45. The Hall–Kier alpha value is -2.56. The van der Waals surface area contributed by atoms with Gasteiger partial charge >= 0.3 is 0 Å². The van der Waals surface area contributed by atoms with E-state index in [-0.39, 0.29) is 5.91 Å². The largest absolute Gasteiger partial charge is 0.385 e. The van der Waals surface area contributed by atoms with Crippen molar-refractivity contribution in [3.63, 3.8) is 0 Å². The number of carbonyl (C=O) groups excluding carboxylic acids is 1. The van der Waals surface area contributed by atoms with Crippen LogP contribution >= 0.6 is 23.2 Å². The van der Waals surface area contributed by atoms with Gasteiger partial charge in [-0.2, -0.15) is 0 Å². The molecule has 2 N–H and O–H groups in total. The molecule has 3 aromatic rings. The smallest absolute Gasteiger partial charge is 0.274 e. The summed E-state index contributed by atoms with van der Waals surface area (Å²) in [6.45, 7) is 0.733. The Labute approximate surface area is 162 Å². The third kappa shape index (κ3) is 4.97. The van der Waals surface area contributed by atoms with E-state index in [9.17, 15) is 4.79 Å². The summed E-state index contributed by atoms with van der Waals surface area (Å²) in [4.78, 5) is 16.5. The molecule has 0 bridgehead atoms. The quantitative estimate of drug-likeness (QED) is 0.605. The van der Waals surface area contributed by atoms with E-state index in [4.69, 9.17) is 23.2 Å². The molecule has 132 valence electrons. The van der Waals surface area contributed by atoms with E-state index in [1.54, 1.807) is 24.4 Å². The third-order valence-electron chi connectivity index (χ3n) is 3.77. The lowest BCUT2D eigenvalue weighted by molar-refractivity contribution is 0.102. The molecular weight excluding hydrogens is 369 g/mol. The highest BCUT2D eigenvalue weighted by Crippen LogP contribution is 2.21. The zero-order chi connectivity index (χ0) is 18.4. The Kier molecular flexibility index (Phi) is 6.10. The van der Waals surface area contributed by atoms with Gasteiger partial charge in [-0.25, -0.2) is 0 Å². The second-order valence-electron chi connectivity index (χ2n) is 5.67. The predicted octanol–water partition coefficient (Wildman–Crippen LogP) is 5.30. The molecule has 4 nitrogen and oxygen atoms in total. The first-order valence-electron chi connectivity index (χ1n) is 8.12. The maximum Gasteiger partial charge on any atom is 0.274 e. The number of aromatic nitrogens is 1. The number of pyridine rings is 1. The highest BCUT2D eigenvalue weighted by molar-refractivity contribution is 6.33. The van der Waals surface area contributed by atoms with E-state index < -0.39 is 0 Å². The first-order chi connectivity index (χ1) is 12.6. The first kappa shape index (κ1) is 18.2. The van der Waals surface area contributed by atoms with Crippen LogP contribution in [0.5, 0.6) is 0 Å². The van der Waals surface area contributed by atoms with Gasteiger partial charge in [0, 0.05) is 23.5 Å². The number of nitrogens with zero attached hydrogens (tertiary/aromatic N) is 1. The van der Waals surface area contributed by atoms with E-state index in [0.717, 1.165) is 23.7 Å². The molecule has 6 heteroatoms. The molecule has 0 aliphatic carbocycles. The fraction of sp³-hybridized carbons (Fsp3) is 0.100. The molecule has 0 saturated heterocycles. The Morgan fingerprint density at radius 3 is 2.54 bits per heavy atom. The number of amides is 1. The van der Waals surface area contributed by atoms with Crippen LogP contribution in [0.4, 0.5) is 11.4 Å². The molecule has 0 fully saturated rings. The number of carbonyl (C=O) groups is 1. The molecule has 2 aromatic carbocycles. The van der Waals surface area contributed by atoms with Crippen molar-refractivity contribution in [2.24, 2.45) is 0 Å². The van der Waals surface area contributed by atoms with Crippen molar-refractivity contribution in [3.05, 3.63) is 88.2 Å². The van der Waals surface area contributed by atoms with E-state index in [0.29, 0.717) is 16.4 Å². The third-order valence-corrected chi connectivity index (χ3v) is 4.35. The van der Waals surface area contributed by atoms with Crippen LogP contribution in [0.3, 0.4) is 0 Å². The number of hydrogen-bond acceptors (Lipinski definition) is 3. The number of halogens is 2. The average Bonchev–Trinajstić information content (AvgIpc) is 2.65. The minimum Gasteiger partial charge on any atom is -0.385 e. The highest BCUT2D eigenvalue weighted by Gasteiger charge is 2.10. The van der Waals surface area contributed by atoms with Crippen molar-refractivity contribution in [3.8, 4) is 0 Å². The number of rotatable bonds is 6. The van der Waals surface area contributed by atoms with Crippen molar-refractivity contribution in [2.45, 2.75) is 6.42 Å². The molecule has 0 radical (unpaired) electrons. The number of para-hydroxylation sites is 1. The molecule has 26 heavy (non-hydrogen) atoms. The molecule has 0 unspecified atom stereocenters. The van der Waals surface area contributed by atoms with Crippen molar-refractivity contribution < 1.29 is 4.79 Å². The minimum absolute atomic E-state index is 0.306. The average molecular weight is 386 g/mol. The zero-order valence-corrected chi connectivity index (χ0v) is 15.4. The number of benzene rings is 2. The van der Waals surface area contributed by atoms with Crippen molar-refractivity contribution in [2.75, 3.05) is 17.2 Å². The normalized spacial score (nSPS) is 10.4. The van der Waals surface area contributed by atoms with Crippen molar-refractivity contribution >= 4 is 40.5 Å². The molecule has 1 amide bonds. The van der Waals surface area contributed by atoms with Gasteiger partial charge in [0.05, 0.1) is 10.7 Å². The Bertz CT molecular complexity index is 898. The van der Waals surface area contributed by atoms with Gasteiger partial charge in [-0.05, 0) is 48.4 Å². The van der Waals surface area contributed by atoms with Crippen LogP contribution in [0, 0.1) is 0 Å². The van der Waals surface area contributed by atoms with Gasteiger partial charge in [-0.1, -0.05) is 47.5 Å². The van der Waals surface area contributed by atoms with Gasteiger partial charge in [-0.15, -0.1) is 0 Å². The Morgan fingerprint density at radius 1 is 1.00 bits per heavy atom. The van der Waals surface area contributed by atoms with Crippen molar-refractivity contribution in [1.29, 1.82) is 0 Å². The van der Waals surface area contributed by atoms with Crippen LogP contribution in [0.15, 0.2) is 66.9 Å². The van der Waals surface area contributed by atoms with Crippen LogP contribution in [-0.4, -0.2) is 17.4 Å². The van der Waals surface area contributed by atoms with Crippen LogP contribution in [0.2, 0.25) is 10.0 Å². The monoisotopic (exact) mass is 385 g/mol. The molecule has 0 aliphatic heterocycles. The summed E-state index contributed by atoms with van der Waals surface area (Å²) >= 11 is 12.0. The van der Waals surface area contributed by atoms with Crippen LogP contribution < -0.4 is 10.6 Å². The van der Waals surface area contributed by atoms with Gasteiger partial charge in [0.15, 0.2) is 0 Å². The summed E-state index contributed by atoms with van der Waals surface area (Å²) in [6, 6.07) is 18.4. The van der Waals surface area contributed by atoms with Crippen molar-refractivity contribution in [1.82, 2.24) is 4.98 Å². The standard InChI is InChI=1S/C20H17Cl2N3O/c21-15-7-5-14(6-8-15)9-11-23-16-10-12-24-19(13-16)20(26)25-18-4-2-1-3-17(18)22/h1-8,10,12-13H,9,11H2,(H,23,24)(H,25,26). The minimum atomic E-state index is -0.306. The molecule has 3 rings (SSSR count). The van der Waals surface area contributed by atoms with E-state index in [2.05, 4.69) is 15.6 Å². The first-order valence-corrected chi connectivity index (χ1v) is 8.88. The zero-order valence-electron chi connectivity index (χ0n) is 13.9. The van der Waals surface area contributed by atoms with Gasteiger partial charge in [0.2, 0.25) is 0 Å². The van der Waals surface area contributed by atoms with Gasteiger partial charge in [-0.3, -0.25) is 9.78 Å². The van der Waals surface area contributed by atoms with Crippen LogP contribution in [-0.2, 0) is 6.42 Å². The second-order valence-corrected chi connectivity index (χ2v) is 6.51. The summed E-state index contributed by atoms with van der Waals surface area (Å²) in [5, 5.41) is 7.28. The van der Waals surface area contributed by atoms with Crippen LogP contribution in [0.1, 0.15) is 16.1 Å². The summed E-state index contributed by atoms with van der Waals surface area (Å²) in [7, 11) is 0. The lowest BCUT2D eigenvalue weighted by Gasteiger charge is -2.09. The van der Waals surface area contributed by atoms with Crippen LogP contribution in [0.25, 0.3) is 0 Å². The number of anilines is 2. The fourth-order valence-corrected chi connectivity index (χ4v) is 2.72. The van der Waals surface area contributed by atoms with E-state index in [1.807, 2.05) is 42.5 Å². The predicted molar refractivity (Wildman–Crippen MR) is 107 cm³/mol. The Balaban J connectivity index is 1.59. The van der Waals surface area contributed by atoms with Gasteiger partial charge in [0.25, 0.3) is 5.91 Å². The fourth-order valence-electron chi connectivity index (χ4n) is 2.42. The molecule has 0 aliphatic rings. The summed E-state index contributed by atoms with van der Waals surface area (Å²) < 4.78 is 0. The lowest BCUT2D eigenvalue weighted by atomic mass is 10.1. The SMILES string of the molecule is O=C(Nc1ccccc1Cl)c1cc(NCCc2ccc(Cl)cc2)ccn1. The van der Waals surface area contributed by atoms with E-state index in [1.165, 1.54) is 5.56 Å². The molecule has 1 aromatic heterocycles. The maximum atomic E-state index is 12.4. The number of hydrogen-bond donors (Lipinski definition) is 2. The van der Waals surface area contributed by atoms with Gasteiger partial charge < -0.3 is 10.6 Å². The van der Waals surface area contributed by atoms with E-state index >= 15 is 0 Å². The molecular formula is C20H17Cl2N3O. The lowest BCUT2D eigenvalue weighted by Crippen LogP contribution is -2.14. The Morgan fingerprint density at radius 2 is 1.77 bits per heavy atom.